The number of amides is 1. The maximum Gasteiger partial charge on any atom is 0.415 e. The van der Waals surface area contributed by atoms with Gasteiger partial charge in [-0.15, -0.1) is 11.6 Å². The lowest BCUT2D eigenvalue weighted by Gasteiger charge is -2.24. The van der Waals surface area contributed by atoms with Crippen LogP contribution in [0.2, 0.25) is 5.02 Å². The van der Waals surface area contributed by atoms with Crippen LogP contribution in [0.1, 0.15) is 11.6 Å². The van der Waals surface area contributed by atoms with Gasteiger partial charge in [-0.2, -0.15) is 0 Å². The first-order valence-corrected chi connectivity index (χ1v) is 9.81. The molecule has 4 rings (SSSR count). The molecule has 2 atom stereocenters. The Hall–Kier alpha value is -2.76. The normalized spacial score (nSPS) is 18.6. The highest BCUT2D eigenvalue weighted by Crippen LogP contribution is 2.39. The van der Waals surface area contributed by atoms with Gasteiger partial charge in [0.05, 0.1) is 5.88 Å². The summed E-state index contributed by atoms with van der Waals surface area (Å²) in [6.07, 6.45) is -1.12. The number of alkyl halides is 1. The van der Waals surface area contributed by atoms with Crippen molar-refractivity contribution in [2.45, 2.75) is 12.1 Å². The zero-order valence-electron chi connectivity index (χ0n) is 15.1. The Morgan fingerprint density at radius 2 is 1.66 bits per heavy atom. The van der Waals surface area contributed by atoms with Crippen LogP contribution in [0.4, 0.5) is 14.9 Å². The van der Waals surface area contributed by atoms with Crippen LogP contribution in [0, 0.1) is 5.82 Å². The minimum absolute atomic E-state index is 0.0984. The summed E-state index contributed by atoms with van der Waals surface area (Å²) in [6.45, 7) is 0. The highest BCUT2D eigenvalue weighted by Gasteiger charge is 2.43. The molecule has 0 radical (unpaired) electrons. The van der Waals surface area contributed by atoms with E-state index in [2.05, 4.69) is 0 Å². The molecule has 0 N–H and O–H groups in total. The van der Waals surface area contributed by atoms with Crippen molar-refractivity contribution in [2.24, 2.45) is 0 Å². The maximum atomic E-state index is 13.8. The number of carbonyl (C=O) groups is 1. The average molecular weight is 432 g/mol. The van der Waals surface area contributed by atoms with E-state index in [0.29, 0.717) is 27.8 Å². The van der Waals surface area contributed by atoms with Crippen molar-refractivity contribution in [3.63, 3.8) is 0 Å². The van der Waals surface area contributed by atoms with E-state index < -0.39 is 18.2 Å². The van der Waals surface area contributed by atoms with Crippen molar-refractivity contribution < 1.29 is 18.7 Å². The molecular formula is C22H16Cl2FNO3. The summed E-state index contributed by atoms with van der Waals surface area (Å²) in [5.41, 5.74) is 1.21. The van der Waals surface area contributed by atoms with Gasteiger partial charge in [0.2, 0.25) is 0 Å². The number of ether oxygens (including phenoxy) is 2. The van der Waals surface area contributed by atoms with E-state index in [1.54, 1.807) is 60.7 Å². The van der Waals surface area contributed by atoms with E-state index in [-0.39, 0.29) is 11.7 Å². The molecule has 1 aliphatic rings. The molecule has 1 saturated heterocycles. The van der Waals surface area contributed by atoms with E-state index in [1.165, 1.54) is 17.0 Å². The second-order valence-corrected chi connectivity index (χ2v) is 7.24. The minimum atomic E-state index is -0.587. The fraction of sp³-hybridized carbons (Fsp3) is 0.136. The summed E-state index contributed by atoms with van der Waals surface area (Å²) in [5, 5.41) is 0.623. The van der Waals surface area contributed by atoms with Gasteiger partial charge in [0, 0.05) is 10.7 Å². The van der Waals surface area contributed by atoms with Gasteiger partial charge in [0.1, 0.15) is 29.5 Å². The monoisotopic (exact) mass is 431 g/mol. The number of cyclic esters (lactones) is 1. The summed E-state index contributed by atoms with van der Waals surface area (Å²) in [4.78, 5) is 14.0. The number of carbonyl (C=O) groups excluding carboxylic acids is 1. The fourth-order valence-corrected chi connectivity index (χ4v) is 3.64. The quantitative estimate of drug-likeness (QED) is 0.428. The van der Waals surface area contributed by atoms with Crippen LogP contribution in [0.3, 0.4) is 0 Å². The Morgan fingerprint density at radius 3 is 2.28 bits per heavy atom. The molecule has 1 fully saturated rings. The second kappa shape index (κ2) is 8.31. The van der Waals surface area contributed by atoms with Crippen molar-refractivity contribution in [1.82, 2.24) is 0 Å². The van der Waals surface area contributed by atoms with Crippen molar-refractivity contribution in [2.75, 3.05) is 10.8 Å². The molecule has 148 valence electrons. The van der Waals surface area contributed by atoms with Gasteiger partial charge in [-0.05, 0) is 66.2 Å². The van der Waals surface area contributed by atoms with E-state index in [1.807, 2.05) is 0 Å². The molecule has 1 amide bonds. The average Bonchev–Trinajstić information content (AvgIpc) is 3.07. The highest BCUT2D eigenvalue weighted by atomic mass is 35.5. The minimum Gasteiger partial charge on any atom is -0.457 e. The number of nitrogens with zero attached hydrogens (tertiary/aromatic N) is 1. The van der Waals surface area contributed by atoms with E-state index in [4.69, 9.17) is 32.7 Å². The zero-order valence-corrected chi connectivity index (χ0v) is 16.6. The smallest absolute Gasteiger partial charge is 0.415 e. The molecule has 7 heteroatoms. The molecule has 4 nitrogen and oxygen atoms in total. The number of hydrogen-bond acceptors (Lipinski definition) is 3. The molecule has 3 aromatic carbocycles. The third-order valence-corrected chi connectivity index (χ3v) is 5.14. The van der Waals surface area contributed by atoms with Crippen molar-refractivity contribution >= 4 is 35.0 Å². The van der Waals surface area contributed by atoms with Crippen molar-refractivity contribution in [1.29, 1.82) is 0 Å². The lowest BCUT2D eigenvalue weighted by atomic mass is 10.0. The predicted octanol–water partition coefficient (Wildman–Crippen LogP) is 6.58. The van der Waals surface area contributed by atoms with E-state index in [9.17, 15) is 9.18 Å². The van der Waals surface area contributed by atoms with Gasteiger partial charge in [-0.25, -0.2) is 9.18 Å². The standard InChI is InChI=1S/C22H16Cl2FNO3/c23-13-20-21(14-2-1-3-16(25)12-14)26(22(27)29-20)17-6-10-19(11-7-17)28-18-8-4-15(24)5-9-18/h1-12,20-21H,13H2/t20-,21-/m0/s1. The van der Waals surface area contributed by atoms with Gasteiger partial charge >= 0.3 is 6.09 Å². The number of hydrogen-bond donors (Lipinski definition) is 0. The summed E-state index contributed by atoms with van der Waals surface area (Å²) in [5.74, 6) is 0.950. The predicted molar refractivity (Wildman–Crippen MR) is 111 cm³/mol. The molecule has 0 spiro atoms. The lowest BCUT2D eigenvalue weighted by molar-refractivity contribution is 0.143. The van der Waals surface area contributed by atoms with Crippen LogP contribution in [-0.2, 0) is 4.74 Å². The molecule has 29 heavy (non-hydrogen) atoms. The number of benzene rings is 3. The van der Waals surface area contributed by atoms with Crippen molar-refractivity contribution in [3.05, 3.63) is 89.2 Å². The van der Waals surface area contributed by atoms with Gasteiger partial charge in [0.15, 0.2) is 0 Å². The van der Waals surface area contributed by atoms with Gasteiger partial charge in [-0.1, -0.05) is 23.7 Å². The molecular weight excluding hydrogens is 416 g/mol. The maximum absolute atomic E-state index is 13.8. The third-order valence-electron chi connectivity index (χ3n) is 4.59. The molecule has 0 aliphatic carbocycles. The largest absolute Gasteiger partial charge is 0.457 e. The fourth-order valence-electron chi connectivity index (χ4n) is 3.28. The zero-order chi connectivity index (χ0) is 20.4. The summed E-state index contributed by atoms with van der Waals surface area (Å²) in [6, 6.07) is 19.5. The van der Waals surface area contributed by atoms with Gasteiger partial charge in [-0.3, -0.25) is 4.90 Å². The topological polar surface area (TPSA) is 38.8 Å². The molecule has 0 aromatic heterocycles. The van der Waals surface area contributed by atoms with Crippen LogP contribution < -0.4 is 9.64 Å². The molecule has 0 unspecified atom stereocenters. The van der Waals surface area contributed by atoms with Crippen LogP contribution in [-0.4, -0.2) is 18.1 Å². The first kappa shape index (κ1) is 19.6. The van der Waals surface area contributed by atoms with E-state index >= 15 is 0 Å². The number of anilines is 1. The second-order valence-electron chi connectivity index (χ2n) is 6.50. The summed E-state index contributed by atoms with van der Waals surface area (Å²) in [7, 11) is 0. The Morgan fingerprint density at radius 1 is 1.00 bits per heavy atom. The lowest BCUT2D eigenvalue weighted by Crippen LogP contribution is -2.30. The molecule has 3 aromatic rings. The Balaban J connectivity index is 1.61. The Bertz CT molecular complexity index is 1010. The summed E-state index contributed by atoms with van der Waals surface area (Å²) >= 11 is 11.9. The van der Waals surface area contributed by atoms with Crippen LogP contribution in [0.5, 0.6) is 11.5 Å². The van der Waals surface area contributed by atoms with Crippen LogP contribution in [0.15, 0.2) is 72.8 Å². The summed E-state index contributed by atoms with van der Waals surface area (Å²) < 4.78 is 25.0. The first-order valence-electron chi connectivity index (χ1n) is 8.90. The van der Waals surface area contributed by atoms with E-state index in [0.717, 1.165) is 0 Å². The van der Waals surface area contributed by atoms with Crippen molar-refractivity contribution in [3.8, 4) is 11.5 Å². The first-order chi connectivity index (χ1) is 14.0. The van der Waals surface area contributed by atoms with Gasteiger partial charge in [0.25, 0.3) is 0 Å². The van der Waals surface area contributed by atoms with Gasteiger partial charge < -0.3 is 9.47 Å². The Kier molecular flexibility index (Phi) is 5.60. The molecule has 0 bridgehead atoms. The van der Waals surface area contributed by atoms with Crippen LogP contribution in [0.25, 0.3) is 0 Å². The number of rotatable bonds is 5. The SMILES string of the molecule is O=C1O[C@@H](CCl)[C@H](c2cccc(F)c2)N1c1ccc(Oc2ccc(Cl)cc2)cc1. The molecule has 0 saturated carbocycles. The Labute approximate surface area is 177 Å². The number of halogens is 3. The molecule has 1 heterocycles. The highest BCUT2D eigenvalue weighted by molar-refractivity contribution is 6.30. The molecule has 1 aliphatic heterocycles. The van der Waals surface area contributed by atoms with Crippen LogP contribution >= 0.6 is 23.2 Å². The third kappa shape index (κ3) is 4.16.